The molecule has 104 valence electrons. The van der Waals surface area contributed by atoms with Crippen LogP contribution in [0.1, 0.15) is 32.3 Å². The van der Waals surface area contributed by atoms with E-state index < -0.39 is 0 Å². The van der Waals surface area contributed by atoms with Crippen LogP contribution < -0.4 is 10.1 Å². The molecule has 0 radical (unpaired) electrons. The lowest BCUT2D eigenvalue weighted by atomic mass is 10.2. The van der Waals surface area contributed by atoms with Crippen LogP contribution in [0.15, 0.2) is 24.3 Å². The van der Waals surface area contributed by atoms with E-state index in [1.54, 1.807) is 0 Å². The SMILES string of the molecule is CC(C)Oc1ccc(CNC(=O)C2CCCO2)cc1. The molecule has 0 aliphatic carbocycles. The van der Waals surface area contributed by atoms with Crippen molar-refractivity contribution in [3.05, 3.63) is 29.8 Å². The van der Waals surface area contributed by atoms with Crippen LogP contribution in [-0.2, 0) is 16.1 Å². The smallest absolute Gasteiger partial charge is 0.249 e. The number of amides is 1. The summed E-state index contributed by atoms with van der Waals surface area (Å²) in [6.45, 7) is 5.21. The van der Waals surface area contributed by atoms with Crippen molar-refractivity contribution in [2.75, 3.05) is 6.61 Å². The number of carbonyl (C=O) groups is 1. The fourth-order valence-corrected chi connectivity index (χ4v) is 2.05. The lowest BCUT2D eigenvalue weighted by molar-refractivity contribution is -0.130. The Morgan fingerprint density at radius 3 is 2.74 bits per heavy atom. The molecule has 1 aliphatic rings. The highest BCUT2D eigenvalue weighted by Gasteiger charge is 2.22. The molecule has 1 amide bonds. The zero-order valence-electron chi connectivity index (χ0n) is 11.5. The van der Waals surface area contributed by atoms with Crippen LogP contribution in [0.5, 0.6) is 5.75 Å². The second-order valence-electron chi connectivity index (χ2n) is 5.03. The van der Waals surface area contributed by atoms with Crippen LogP contribution in [0, 0.1) is 0 Å². The molecule has 0 aromatic heterocycles. The molecule has 1 N–H and O–H groups in total. The molecule has 1 aromatic rings. The van der Waals surface area contributed by atoms with Crippen molar-refractivity contribution in [2.24, 2.45) is 0 Å². The Hall–Kier alpha value is -1.55. The molecule has 0 spiro atoms. The van der Waals surface area contributed by atoms with Crippen molar-refractivity contribution in [1.29, 1.82) is 0 Å². The zero-order chi connectivity index (χ0) is 13.7. The van der Waals surface area contributed by atoms with E-state index in [1.807, 2.05) is 38.1 Å². The lowest BCUT2D eigenvalue weighted by Crippen LogP contribution is -2.33. The molecule has 1 unspecified atom stereocenters. The van der Waals surface area contributed by atoms with E-state index in [0.29, 0.717) is 13.2 Å². The molecular formula is C15H21NO3. The Bertz CT molecular complexity index is 408. The van der Waals surface area contributed by atoms with Crippen LogP contribution in [0.25, 0.3) is 0 Å². The minimum Gasteiger partial charge on any atom is -0.491 e. The van der Waals surface area contributed by atoms with Crippen molar-refractivity contribution in [3.63, 3.8) is 0 Å². The van der Waals surface area contributed by atoms with Crippen molar-refractivity contribution in [1.82, 2.24) is 5.32 Å². The van der Waals surface area contributed by atoms with E-state index in [9.17, 15) is 4.79 Å². The van der Waals surface area contributed by atoms with Gasteiger partial charge in [0.1, 0.15) is 11.9 Å². The standard InChI is InChI=1S/C15H21NO3/c1-11(2)19-13-7-5-12(6-8-13)10-16-15(17)14-4-3-9-18-14/h5-8,11,14H,3-4,9-10H2,1-2H3,(H,16,17). The molecule has 19 heavy (non-hydrogen) atoms. The first kappa shape index (κ1) is 13.9. The Kier molecular flexibility index (Phi) is 4.80. The van der Waals surface area contributed by atoms with E-state index >= 15 is 0 Å². The summed E-state index contributed by atoms with van der Waals surface area (Å²) in [4.78, 5) is 11.8. The predicted octanol–water partition coefficient (Wildman–Crippen LogP) is 2.27. The van der Waals surface area contributed by atoms with Gasteiger partial charge < -0.3 is 14.8 Å². The molecule has 0 saturated carbocycles. The summed E-state index contributed by atoms with van der Waals surface area (Å²) in [7, 11) is 0. The lowest BCUT2D eigenvalue weighted by Gasteiger charge is -2.12. The van der Waals surface area contributed by atoms with Gasteiger partial charge >= 0.3 is 0 Å². The third-order valence-corrected chi connectivity index (χ3v) is 2.98. The summed E-state index contributed by atoms with van der Waals surface area (Å²) < 4.78 is 10.9. The van der Waals surface area contributed by atoms with E-state index in [4.69, 9.17) is 9.47 Å². The highest BCUT2D eigenvalue weighted by Crippen LogP contribution is 2.15. The topological polar surface area (TPSA) is 47.6 Å². The summed E-state index contributed by atoms with van der Waals surface area (Å²) in [5, 5.41) is 2.90. The number of rotatable bonds is 5. The highest BCUT2D eigenvalue weighted by molar-refractivity contribution is 5.80. The average molecular weight is 263 g/mol. The molecule has 1 aromatic carbocycles. The molecule has 1 heterocycles. The number of benzene rings is 1. The summed E-state index contributed by atoms with van der Waals surface area (Å²) in [6, 6.07) is 7.78. The van der Waals surface area contributed by atoms with Gasteiger partial charge in [-0.1, -0.05) is 12.1 Å². The fraction of sp³-hybridized carbons (Fsp3) is 0.533. The molecule has 4 nitrogen and oxygen atoms in total. The van der Waals surface area contributed by atoms with E-state index in [2.05, 4.69) is 5.32 Å². The largest absolute Gasteiger partial charge is 0.491 e. The third kappa shape index (κ3) is 4.24. The first-order chi connectivity index (χ1) is 9.15. The number of hydrogen-bond donors (Lipinski definition) is 1. The maximum Gasteiger partial charge on any atom is 0.249 e. The number of ether oxygens (including phenoxy) is 2. The summed E-state index contributed by atoms with van der Waals surface area (Å²) in [6.07, 6.45) is 1.71. The van der Waals surface area contributed by atoms with E-state index in [1.165, 1.54) is 0 Å². The Labute approximate surface area is 114 Å². The first-order valence-electron chi connectivity index (χ1n) is 6.80. The molecule has 2 rings (SSSR count). The number of carbonyl (C=O) groups excluding carboxylic acids is 1. The van der Waals surface area contributed by atoms with Gasteiger partial charge in [0.25, 0.3) is 0 Å². The Morgan fingerprint density at radius 2 is 2.16 bits per heavy atom. The molecule has 1 atom stereocenters. The quantitative estimate of drug-likeness (QED) is 0.886. The molecule has 4 heteroatoms. The molecule has 1 fully saturated rings. The van der Waals surface area contributed by atoms with Crippen LogP contribution in [0.2, 0.25) is 0 Å². The van der Waals surface area contributed by atoms with Gasteiger partial charge in [0.2, 0.25) is 5.91 Å². The summed E-state index contributed by atoms with van der Waals surface area (Å²) >= 11 is 0. The molecular weight excluding hydrogens is 242 g/mol. The first-order valence-corrected chi connectivity index (χ1v) is 6.80. The van der Waals surface area contributed by atoms with Gasteiger partial charge in [-0.2, -0.15) is 0 Å². The van der Waals surface area contributed by atoms with Crippen molar-refractivity contribution < 1.29 is 14.3 Å². The van der Waals surface area contributed by atoms with Gasteiger partial charge in [-0.15, -0.1) is 0 Å². The van der Waals surface area contributed by atoms with E-state index in [-0.39, 0.29) is 18.1 Å². The predicted molar refractivity (Wildman–Crippen MR) is 73.0 cm³/mol. The summed E-state index contributed by atoms with van der Waals surface area (Å²) in [5.41, 5.74) is 1.06. The van der Waals surface area contributed by atoms with Crippen molar-refractivity contribution in [2.45, 2.75) is 45.4 Å². The van der Waals surface area contributed by atoms with Crippen molar-refractivity contribution >= 4 is 5.91 Å². The van der Waals surface area contributed by atoms with Crippen LogP contribution in [0.3, 0.4) is 0 Å². The van der Waals surface area contributed by atoms with Gasteiger partial charge in [-0.3, -0.25) is 4.79 Å². The van der Waals surface area contributed by atoms with Gasteiger partial charge in [-0.25, -0.2) is 0 Å². The second kappa shape index (κ2) is 6.57. The van der Waals surface area contributed by atoms with Crippen molar-refractivity contribution in [3.8, 4) is 5.75 Å². The molecule has 1 aliphatic heterocycles. The zero-order valence-corrected chi connectivity index (χ0v) is 11.5. The normalized spacial score (nSPS) is 18.6. The Morgan fingerprint density at radius 1 is 1.42 bits per heavy atom. The van der Waals surface area contributed by atoms with Crippen LogP contribution >= 0.6 is 0 Å². The number of hydrogen-bond acceptors (Lipinski definition) is 3. The third-order valence-electron chi connectivity index (χ3n) is 2.98. The van der Waals surface area contributed by atoms with Crippen LogP contribution in [0.4, 0.5) is 0 Å². The minimum absolute atomic E-state index is 0.0139. The maximum absolute atomic E-state index is 11.8. The van der Waals surface area contributed by atoms with Gasteiger partial charge in [0.15, 0.2) is 0 Å². The number of nitrogens with one attached hydrogen (secondary N) is 1. The Balaban J connectivity index is 1.80. The fourth-order valence-electron chi connectivity index (χ4n) is 2.05. The molecule has 0 bridgehead atoms. The molecule has 1 saturated heterocycles. The van der Waals surface area contributed by atoms with Gasteiger partial charge in [0.05, 0.1) is 6.10 Å². The van der Waals surface area contributed by atoms with Crippen LogP contribution in [-0.4, -0.2) is 24.7 Å². The monoisotopic (exact) mass is 263 g/mol. The summed E-state index contributed by atoms with van der Waals surface area (Å²) in [5.74, 6) is 0.837. The highest BCUT2D eigenvalue weighted by atomic mass is 16.5. The second-order valence-corrected chi connectivity index (χ2v) is 5.03. The minimum atomic E-state index is -0.261. The van der Waals surface area contributed by atoms with E-state index in [0.717, 1.165) is 24.2 Å². The average Bonchev–Trinajstić information content (AvgIpc) is 2.91. The maximum atomic E-state index is 11.8. The van der Waals surface area contributed by atoms with Gasteiger partial charge in [0, 0.05) is 13.2 Å². The van der Waals surface area contributed by atoms with Gasteiger partial charge in [-0.05, 0) is 44.4 Å².